The number of rotatable bonds is 12. The number of aryl methyl sites for hydroxylation is 1. The highest BCUT2D eigenvalue weighted by molar-refractivity contribution is 5.18. The molecule has 0 aliphatic heterocycles. The molecule has 0 amide bonds. The molecule has 3 aromatic rings. The number of hydrogen-bond acceptors (Lipinski definition) is 3. The van der Waals surface area contributed by atoms with Gasteiger partial charge in [-0.1, -0.05) is 72.8 Å². The van der Waals surface area contributed by atoms with Gasteiger partial charge in [0.05, 0.1) is 6.10 Å². The fourth-order valence-electron chi connectivity index (χ4n) is 3.99. The molecule has 0 saturated heterocycles. The van der Waals surface area contributed by atoms with Crippen molar-refractivity contribution < 1.29 is 9.50 Å². The summed E-state index contributed by atoms with van der Waals surface area (Å²) in [5.74, 6) is -0.196. The Balaban J connectivity index is 1.54. The third-order valence-corrected chi connectivity index (χ3v) is 6.01. The van der Waals surface area contributed by atoms with Crippen molar-refractivity contribution in [2.75, 3.05) is 20.1 Å². The number of hydrogen-bond donors (Lipinski definition) is 1. The first-order valence-corrected chi connectivity index (χ1v) is 11.4. The summed E-state index contributed by atoms with van der Waals surface area (Å²) >= 11 is 0. The van der Waals surface area contributed by atoms with E-state index in [1.54, 1.807) is 0 Å². The fraction of sp³-hybridized carbons (Fsp3) is 0.357. The highest BCUT2D eigenvalue weighted by atomic mass is 19.1. The summed E-state index contributed by atoms with van der Waals surface area (Å²) < 4.78 is 13.1. The summed E-state index contributed by atoms with van der Waals surface area (Å²) in [6, 6.07) is 27.6. The second kappa shape index (κ2) is 12.5. The number of nitrogens with zero attached hydrogens (tertiary/aromatic N) is 2. The van der Waals surface area contributed by atoms with Crippen LogP contribution in [0.1, 0.15) is 30.0 Å². The van der Waals surface area contributed by atoms with Crippen molar-refractivity contribution in [1.82, 2.24) is 9.80 Å². The van der Waals surface area contributed by atoms with E-state index < -0.39 is 6.10 Å². The van der Waals surface area contributed by atoms with Crippen LogP contribution in [0.3, 0.4) is 0 Å². The van der Waals surface area contributed by atoms with Crippen molar-refractivity contribution in [3.63, 3.8) is 0 Å². The van der Waals surface area contributed by atoms with Crippen LogP contribution < -0.4 is 0 Å². The first-order chi connectivity index (χ1) is 15.5. The lowest BCUT2D eigenvalue weighted by Gasteiger charge is -2.34. The number of halogens is 1. The van der Waals surface area contributed by atoms with E-state index in [1.165, 1.54) is 23.3 Å². The predicted molar refractivity (Wildman–Crippen MR) is 130 cm³/mol. The largest absolute Gasteiger partial charge is 0.390 e. The Morgan fingerprint density at radius 3 is 1.84 bits per heavy atom. The third-order valence-electron chi connectivity index (χ3n) is 6.01. The molecule has 3 aromatic carbocycles. The van der Waals surface area contributed by atoms with Gasteiger partial charge in [-0.3, -0.25) is 4.90 Å². The molecule has 0 saturated carbocycles. The summed E-state index contributed by atoms with van der Waals surface area (Å²) in [7, 11) is 2.05. The molecule has 0 heterocycles. The summed E-state index contributed by atoms with van der Waals surface area (Å²) in [5, 5.41) is 11.0. The molecule has 0 bridgehead atoms. The van der Waals surface area contributed by atoms with Gasteiger partial charge in [0.25, 0.3) is 0 Å². The Bertz CT molecular complexity index is 860. The maximum atomic E-state index is 13.1. The van der Waals surface area contributed by atoms with Crippen molar-refractivity contribution in [3.05, 3.63) is 107 Å². The van der Waals surface area contributed by atoms with E-state index in [9.17, 15) is 9.50 Å². The molecule has 0 aliphatic rings. The van der Waals surface area contributed by atoms with E-state index >= 15 is 0 Å². The molecule has 4 heteroatoms. The number of likely N-dealkylation sites (N-methyl/N-ethyl adjacent to an activating group) is 1. The minimum Gasteiger partial charge on any atom is -0.390 e. The van der Waals surface area contributed by atoms with Crippen LogP contribution in [-0.2, 0) is 19.5 Å². The van der Waals surface area contributed by atoms with Gasteiger partial charge in [-0.2, -0.15) is 0 Å². The summed E-state index contributed by atoms with van der Waals surface area (Å²) in [4.78, 5) is 4.54. The zero-order valence-corrected chi connectivity index (χ0v) is 19.2. The quantitative estimate of drug-likeness (QED) is 0.427. The molecule has 0 fully saturated rings. The summed E-state index contributed by atoms with van der Waals surface area (Å²) in [6.07, 6.45) is 1.42. The number of aliphatic hydroxyl groups is 1. The van der Waals surface area contributed by atoms with Crippen LogP contribution in [0.4, 0.5) is 4.39 Å². The Morgan fingerprint density at radius 2 is 1.31 bits per heavy atom. The van der Waals surface area contributed by atoms with Gasteiger partial charge >= 0.3 is 0 Å². The normalized spacial score (nSPS) is 13.4. The van der Waals surface area contributed by atoms with Crippen LogP contribution in [0, 0.1) is 5.82 Å². The maximum absolute atomic E-state index is 13.1. The van der Waals surface area contributed by atoms with E-state index in [-0.39, 0.29) is 11.9 Å². The van der Waals surface area contributed by atoms with Crippen molar-refractivity contribution in [1.29, 1.82) is 0 Å². The van der Waals surface area contributed by atoms with Crippen LogP contribution in [0.2, 0.25) is 0 Å². The molecule has 0 spiro atoms. The molecular weight excluding hydrogens is 399 g/mol. The van der Waals surface area contributed by atoms with Crippen molar-refractivity contribution in [3.8, 4) is 0 Å². The molecule has 32 heavy (non-hydrogen) atoms. The molecule has 3 rings (SSSR count). The van der Waals surface area contributed by atoms with Crippen molar-refractivity contribution >= 4 is 0 Å². The highest BCUT2D eigenvalue weighted by Crippen LogP contribution is 2.16. The van der Waals surface area contributed by atoms with Gasteiger partial charge < -0.3 is 10.0 Å². The predicted octanol–water partition coefficient (Wildman–Crippen LogP) is 5.14. The average molecular weight is 435 g/mol. The smallest absolute Gasteiger partial charge is 0.123 e. The summed E-state index contributed by atoms with van der Waals surface area (Å²) in [5.41, 5.74) is 3.64. The first kappa shape index (κ1) is 24.1. The highest BCUT2D eigenvalue weighted by Gasteiger charge is 2.23. The Hall–Kier alpha value is -2.53. The van der Waals surface area contributed by atoms with Crippen LogP contribution in [0.15, 0.2) is 84.9 Å². The van der Waals surface area contributed by atoms with E-state index in [4.69, 9.17) is 0 Å². The lowest BCUT2D eigenvalue weighted by molar-refractivity contribution is 0.0288. The topological polar surface area (TPSA) is 26.7 Å². The van der Waals surface area contributed by atoms with Gasteiger partial charge in [-0.05, 0) is 62.2 Å². The molecule has 0 radical (unpaired) electrons. The van der Waals surface area contributed by atoms with Crippen LogP contribution in [-0.4, -0.2) is 47.2 Å². The third kappa shape index (κ3) is 7.86. The van der Waals surface area contributed by atoms with Crippen molar-refractivity contribution in [2.45, 2.75) is 45.0 Å². The molecule has 0 unspecified atom stereocenters. The van der Waals surface area contributed by atoms with Gasteiger partial charge in [0.2, 0.25) is 0 Å². The van der Waals surface area contributed by atoms with Gasteiger partial charge in [0.15, 0.2) is 0 Å². The van der Waals surface area contributed by atoms with Crippen molar-refractivity contribution in [2.24, 2.45) is 0 Å². The SMILES string of the molecule is C[C@H]([C@@H](O)CN(C)CCCc1ccc(F)cc1)N(Cc1ccccc1)Cc1ccccc1. The molecule has 3 nitrogen and oxygen atoms in total. The summed E-state index contributed by atoms with van der Waals surface area (Å²) in [6.45, 7) is 5.20. The van der Waals surface area contributed by atoms with Crippen LogP contribution in [0.25, 0.3) is 0 Å². The molecular formula is C28H35FN2O. The number of benzene rings is 3. The minimum atomic E-state index is -0.460. The fourth-order valence-corrected chi connectivity index (χ4v) is 3.99. The molecule has 1 N–H and O–H groups in total. The van der Waals surface area contributed by atoms with Gasteiger partial charge in [0, 0.05) is 25.7 Å². The Morgan fingerprint density at radius 1 is 0.781 bits per heavy atom. The van der Waals surface area contributed by atoms with E-state index in [1.807, 2.05) is 24.3 Å². The second-order valence-electron chi connectivity index (χ2n) is 8.68. The van der Waals surface area contributed by atoms with Crippen LogP contribution >= 0.6 is 0 Å². The average Bonchev–Trinajstić information content (AvgIpc) is 2.81. The maximum Gasteiger partial charge on any atom is 0.123 e. The first-order valence-electron chi connectivity index (χ1n) is 11.4. The molecule has 0 aromatic heterocycles. The van der Waals surface area contributed by atoms with E-state index in [0.29, 0.717) is 6.54 Å². The monoisotopic (exact) mass is 434 g/mol. The molecule has 2 atom stereocenters. The van der Waals surface area contributed by atoms with Gasteiger partial charge in [-0.15, -0.1) is 0 Å². The standard InChI is InChI=1S/C28H35FN2O/c1-23(28(32)22-30(2)19-9-14-24-15-17-27(29)18-16-24)31(20-25-10-5-3-6-11-25)21-26-12-7-4-8-13-26/h3-8,10-13,15-18,23,28,32H,9,14,19-22H2,1-2H3/t23-,28+/m1/s1. The lowest BCUT2D eigenvalue weighted by atomic mass is 10.1. The molecule has 170 valence electrons. The zero-order valence-electron chi connectivity index (χ0n) is 19.2. The zero-order chi connectivity index (χ0) is 22.8. The van der Waals surface area contributed by atoms with E-state index in [0.717, 1.165) is 38.0 Å². The lowest BCUT2D eigenvalue weighted by Crippen LogP contribution is -2.45. The number of aliphatic hydroxyl groups excluding tert-OH is 1. The van der Waals surface area contributed by atoms with E-state index in [2.05, 4.69) is 72.3 Å². The molecule has 0 aliphatic carbocycles. The Kier molecular flexibility index (Phi) is 9.42. The Labute approximate surface area is 192 Å². The van der Waals surface area contributed by atoms with Gasteiger partial charge in [0.1, 0.15) is 5.82 Å². The van der Waals surface area contributed by atoms with Gasteiger partial charge in [-0.25, -0.2) is 4.39 Å². The minimum absolute atomic E-state index is 0.00922. The second-order valence-corrected chi connectivity index (χ2v) is 8.68. The van der Waals surface area contributed by atoms with Crippen LogP contribution in [0.5, 0.6) is 0 Å².